The molecule has 0 radical (unpaired) electrons. The predicted molar refractivity (Wildman–Crippen MR) is 125 cm³/mol. The van der Waals surface area contributed by atoms with Crippen molar-refractivity contribution in [2.45, 2.75) is 18.8 Å². The first kappa shape index (κ1) is 22.3. The highest BCUT2D eigenvalue weighted by atomic mass is 127. The van der Waals surface area contributed by atoms with Gasteiger partial charge in [0.1, 0.15) is 11.5 Å². The second-order valence-electron chi connectivity index (χ2n) is 6.74. The van der Waals surface area contributed by atoms with Gasteiger partial charge in [-0.05, 0) is 42.2 Å². The first-order valence-corrected chi connectivity index (χ1v) is 9.46. The van der Waals surface area contributed by atoms with Crippen LogP contribution in [0.5, 0.6) is 11.5 Å². The van der Waals surface area contributed by atoms with Crippen LogP contribution in [0.15, 0.2) is 53.5 Å². The number of nitrogens with one attached hydrogen (secondary N) is 1. The molecule has 2 aromatic rings. The molecule has 1 fully saturated rings. The number of halogens is 1. The van der Waals surface area contributed by atoms with Crippen molar-refractivity contribution >= 4 is 29.9 Å². The van der Waals surface area contributed by atoms with Crippen LogP contribution in [-0.2, 0) is 6.42 Å². The highest BCUT2D eigenvalue weighted by Gasteiger charge is 2.25. The minimum absolute atomic E-state index is 0. The van der Waals surface area contributed by atoms with Crippen molar-refractivity contribution in [3.05, 3.63) is 59.7 Å². The van der Waals surface area contributed by atoms with Crippen LogP contribution in [-0.4, -0.2) is 51.8 Å². The molecule has 1 unspecified atom stereocenters. The van der Waals surface area contributed by atoms with Crippen LogP contribution in [0.2, 0.25) is 0 Å². The number of nitrogens with zero attached hydrogens (tertiary/aromatic N) is 2. The van der Waals surface area contributed by atoms with Crippen molar-refractivity contribution < 1.29 is 9.47 Å². The molecule has 1 atom stereocenters. The third-order valence-electron chi connectivity index (χ3n) is 5.14. The summed E-state index contributed by atoms with van der Waals surface area (Å²) in [6.45, 7) is 2.83. The van der Waals surface area contributed by atoms with E-state index >= 15 is 0 Å². The summed E-state index contributed by atoms with van der Waals surface area (Å²) in [5, 5.41) is 3.50. The maximum atomic E-state index is 5.47. The van der Waals surface area contributed by atoms with Crippen LogP contribution < -0.4 is 14.8 Å². The van der Waals surface area contributed by atoms with Gasteiger partial charge in [0.05, 0.1) is 14.2 Å². The first-order valence-electron chi connectivity index (χ1n) is 9.46. The molecule has 1 aliphatic rings. The summed E-state index contributed by atoms with van der Waals surface area (Å²) in [4.78, 5) is 6.83. The summed E-state index contributed by atoms with van der Waals surface area (Å²) in [6.07, 6.45) is 2.00. The molecule has 0 aromatic heterocycles. The van der Waals surface area contributed by atoms with Crippen molar-refractivity contribution in [3.63, 3.8) is 0 Å². The van der Waals surface area contributed by atoms with Crippen LogP contribution in [0.25, 0.3) is 0 Å². The van der Waals surface area contributed by atoms with Gasteiger partial charge in [-0.1, -0.05) is 30.3 Å². The van der Waals surface area contributed by atoms with Gasteiger partial charge in [0.25, 0.3) is 0 Å². The fourth-order valence-electron chi connectivity index (χ4n) is 3.67. The number of guanidine groups is 1. The van der Waals surface area contributed by atoms with Gasteiger partial charge in [-0.2, -0.15) is 0 Å². The average Bonchev–Trinajstić information content (AvgIpc) is 3.21. The summed E-state index contributed by atoms with van der Waals surface area (Å²) in [5.74, 6) is 3.27. The minimum atomic E-state index is 0. The monoisotopic (exact) mass is 495 g/mol. The molecule has 1 saturated heterocycles. The molecule has 6 heteroatoms. The predicted octanol–water partition coefficient (Wildman–Crippen LogP) is 3.93. The molecule has 0 aliphatic carbocycles. The van der Waals surface area contributed by atoms with Crippen LogP contribution in [0, 0.1) is 0 Å². The fourth-order valence-corrected chi connectivity index (χ4v) is 3.67. The van der Waals surface area contributed by atoms with E-state index in [0.29, 0.717) is 5.92 Å². The van der Waals surface area contributed by atoms with Gasteiger partial charge in [0.15, 0.2) is 5.96 Å². The summed E-state index contributed by atoms with van der Waals surface area (Å²) < 4.78 is 10.8. The standard InChI is InChI=1S/C22H29N3O2.HI/c1-23-22(25-14-12-19(16-25)17-7-5-4-6-8-17)24-13-11-18-15-20(26-2)9-10-21(18)27-3;/h4-10,15,19H,11-14,16H2,1-3H3,(H,23,24);1H. The van der Waals surface area contributed by atoms with E-state index in [4.69, 9.17) is 9.47 Å². The lowest BCUT2D eigenvalue weighted by atomic mass is 9.99. The Hall–Kier alpha value is -1.96. The Bertz CT molecular complexity index is 768. The van der Waals surface area contributed by atoms with E-state index in [1.807, 2.05) is 25.2 Å². The van der Waals surface area contributed by atoms with Gasteiger partial charge in [0, 0.05) is 32.6 Å². The zero-order chi connectivity index (χ0) is 19.1. The second kappa shape index (κ2) is 11.1. The fraction of sp³-hybridized carbons (Fsp3) is 0.409. The zero-order valence-corrected chi connectivity index (χ0v) is 19.2. The Morgan fingerprint density at radius 2 is 1.93 bits per heavy atom. The summed E-state index contributed by atoms with van der Waals surface area (Å²) in [6, 6.07) is 16.7. The lowest BCUT2D eigenvalue weighted by Gasteiger charge is -2.22. The Morgan fingerprint density at radius 3 is 2.61 bits per heavy atom. The van der Waals surface area contributed by atoms with E-state index in [-0.39, 0.29) is 24.0 Å². The van der Waals surface area contributed by atoms with Crippen LogP contribution >= 0.6 is 24.0 Å². The number of benzene rings is 2. The number of methoxy groups -OCH3 is 2. The van der Waals surface area contributed by atoms with Crippen molar-refractivity contribution in [1.82, 2.24) is 10.2 Å². The molecule has 1 aliphatic heterocycles. The van der Waals surface area contributed by atoms with Crippen LogP contribution in [0.4, 0.5) is 0 Å². The quantitative estimate of drug-likeness (QED) is 0.375. The minimum Gasteiger partial charge on any atom is -0.497 e. The zero-order valence-electron chi connectivity index (χ0n) is 16.9. The molecule has 3 rings (SSSR count). The molecule has 2 aromatic carbocycles. The van der Waals surface area contributed by atoms with Gasteiger partial charge in [-0.15, -0.1) is 24.0 Å². The molecule has 0 amide bonds. The van der Waals surface area contributed by atoms with E-state index in [9.17, 15) is 0 Å². The van der Waals surface area contributed by atoms with Crippen molar-refractivity contribution in [2.75, 3.05) is 40.9 Å². The maximum absolute atomic E-state index is 5.47. The van der Waals surface area contributed by atoms with E-state index in [0.717, 1.165) is 55.5 Å². The first-order chi connectivity index (χ1) is 13.2. The molecule has 152 valence electrons. The maximum Gasteiger partial charge on any atom is 0.193 e. The van der Waals surface area contributed by atoms with E-state index in [2.05, 4.69) is 45.5 Å². The normalized spacial score (nSPS) is 16.5. The number of likely N-dealkylation sites (tertiary alicyclic amines) is 1. The Balaban J connectivity index is 0.00000280. The van der Waals surface area contributed by atoms with Crippen molar-refractivity contribution in [1.29, 1.82) is 0 Å². The lowest BCUT2D eigenvalue weighted by Crippen LogP contribution is -2.40. The van der Waals surface area contributed by atoms with Crippen LogP contribution in [0.3, 0.4) is 0 Å². The summed E-state index contributed by atoms with van der Waals surface area (Å²) in [5.41, 5.74) is 2.54. The molecule has 5 nitrogen and oxygen atoms in total. The second-order valence-corrected chi connectivity index (χ2v) is 6.74. The Morgan fingerprint density at radius 1 is 1.14 bits per heavy atom. The van der Waals surface area contributed by atoms with E-state index in [1.165, 1.54) is 5.56 Å². The van der Waals surface area contributed by atoms with Gasteiger partial charge >= 0.3 is 0 Å². The van der Waals surface area contributed by atoms with Crippen molar-refractivity contribution in [3.8, 4) is 11.5 Å². The molecule has 0 saturated carbocycles. The van der Waals surface area contributed by atoms with Gasteiger partial charge in [-0.25, -0.2) is 0 Å². The number of rotatable bonds is 6. The molecule has 28 heavy (non-hydrogen) atoms. The van der Waals surface area contributed by atoms with Gasteiger partial charge in [-0.3, -0.25) is 4.99 Å². The van der Waals surface area contributed by atoms with Crippen LogP contribution in [0.1, 0.15) is 23.5 Å². The Kier molecular flexibility index (Phi) is 8.89. The number of ether oxygens (including phenoxy) is 2. The molecule has 1 N–H and O–H groups in total. The third kappa shape index (κ3) is 5.53. The van der Waals surface area contributed by atoms with Gasteiger partial charge in [0.2, 0.25) is 0 Å². The molecule has 1 heterocycles. The lowest BCUT2D eigenvalue weighted by molar-refractivity contribution is 0.398. The molecular weight excluding hydrogens is 465 g/mol. The highest BCUT2D eigenvalue weighted by molar-refractivity contribution is 14.0. The number of hydrogen-bond acceptors (Lipinski definition) is 3. The molecular formula is C22H30IN3O2. The third-order valence-corrected chi connectivity index (χ3v) is 5.14. The number of hydrogen-bond donors (Lipinski definition) is 1. The average molecular weight is 495 g/mol. The summed E-state index contributed by atoms with van der Waals surface area (Å²) in [7, 11) is 5.23. The highest BCUT2D eigenvalue weighted by Crippen LogP contribution is 2.27. The largest absolute Gasteiger partial charge is 0.497 e. The smallest absolute Gasteiger partial charge is 0.193 e. The van der Waals surface area contributed by atoms with Crippen molar-refractivity contribution in [2.24, 2.45) is 4.99 Å². The van der Waals surface area contributed by atoms with Gasteiger partial charge < -0.3 is 19.7 Å². The SMILES string of the molecule is CN=C(NCCc1cc(OC)ccc1OC)N1CCC(c2ccccc2)C1.I. The number of aliphatic imine (C=N–C) groups is 1. The van der Waals surface area contributed by atoms with E-state index in [1.54, 1.807) is 14.2 Å². The topological polar surface area (TPSA) is 46.1 Å². The Labute approximate surface area is 185 Å². The molecule has 0 spiro atoms. The summed E-state index contributed by atoms with van der Waals surface area (Å²) >= 11 is 0. The molecule has 0 bridgehead atoms. The van der Waals surface area contributed by atoms with E-state index < -0.39 is 0 Å².